The van der Waals surface area contributed by atoms with E-state index in [4.69, 9.17) is 0 Å². The van der Waals surface area contributed by atoms with Crippen LogP contribution < -0.4 is 10.9 Å². The Labute approximate surface area is 158 Å². The minimum Gasteiger partial charge on any atom is -0.355 e. The van der Waals surface area contributed by atoms with Gasteiger partial charge in [-0.3, -0.25) is 18.8 Å². The van der Waals surface area contributed by atoms with E-state index in [1.807, 2.05) is 0 Å². The molecular weight excluding hydrogens is 342 g/mol. The van der Waals surface area contributed by atoms with E-state index in [-0.39, 0.29) is 18.0 Å². The van der Waals surface area contributed by atoms with Crippen molar-refractivity contribution in [2.45, 2.75) is 51.5 Å². The smallest absolute Gasteiger partial charge is 0.264 e. The van der Waals surface area contributed by atoms with Crippen molar-refractivity contribution >= 4 is 16.9 Å². The lowest BCUT2D eigenvalue weighted by Crippen LogP contribution is -2.47. The number of hydrogen-bond donors (Lipinski definition) is 1. The summed E-state index contributed by atoms with van der Waals surface area (Å²) in [6.07, 6.45) is 12.4. The van der Waals surface area contributed by atoms with E-state index in [0.717, 1.165) is 24.2 Å². The highest BCUT2D eigenvalue weighted by atomic mass is 16.2. The average molecular weight is 369 g/mol. The lowest BCUT2D eigenvalue weighted by molar-refractivity contribution is -0.122. The van der Waals surface area contributed by atoms with Crippen molar-refractivity contribution in [3.8, 4) is 0 Å². The van der Waals surface area contributed by atoms with Gasteiger partial charge in [0.1, 0.15) is 18.3 Å². The minimum absolute atomic E-state index is 0.0115. The van der Waals surface area contributed by atoms with Crippen molar-refractivity contribution in [2.24, 2.45) is 30.2 Å². The molecule has 6 rings (SSSR count). The molecule has 1 amide bonds. The quantitative estimate of drug-likeness (QED) is 0.872. The van der Waals surface area contributed by atoms with Gasteiger partial charge in [-0.05, 0) is 68.1 Å². The van der Waals surface area contributed by atoms with Crippen molar-refractivity contribution in [2.75, 3.05) is 6.54 Å². The molecule has 4 bridgehead atoms. The van der Waals surface area contributed by atoms with Gasteiger partial charge in [-0.1, -0.05) is 0 Å². The molecule has 4 fully saturated rings. The second-order valence-corrected chi connectivity index (χ2v) is 9.20. The highest BCUT2D eigenvalue weighted by Gasteiger charge is 2.50. The number of nitrogens with one attached hydrogen (secondary N) is 1. The van der Waals surface area contributed by atoms with Crippen molar-refractivity contribution in [3.63, 3.8) is 0 Å². The third-order valence-electron chi connectivity index (χ3n) is 7.17. The number of carbonyl (C=O) groups excluding carboxylic acids is 1. The van der Waals surface area contributed by atoms with Gasteiger partial charge in [-0.2, -0.15) is 5.10 Å². The van der Waals surface area contributed by atoms with E-state index in [1.54, 1.807) is 11.7 Å². The molecule has 0 radical (unpaired) electrons. The summed E-state index contributed by atoms with van der Waals surface area (Å²) in [7, 11) is 1.75. The molecule has 7 heteroatoms. The summed E-state index contributed by atoms with van der Waals surface area (Å²) in [5.41, 5.74) is 0.789. The third kappa shape index (κ3) is 2.97. The van der Waals surface area contributed by atoms with Crippen molar-refractivity contribution in [1.29, 1.82) is 0 Å². The molecule has 0 aliphatic heterocycles. The van der Waals surface area contributed by atoms with E-state index >= 15 is 0 Å². The standard InChI is InChI=1S/C20H27N5O2/c1-24-18-16(10-23-24)19(27)25(12-22-18)11-17(26)21-3-2-20-7-13-4-14(8-20)6-15(5-13)9-20/h10,12-15H,2-9,11H2,1H3,(H,21,26). The van der Waals surface area contributed by atoms with Gasteiger partial charge in [0.25, 0.3) is 5.56 Å². The van der Waals surface area contributed by atoms with Crippen LogP contribution in [0.2, 0.25) is 0 Å². The molecule has 27 heavy (non-hydrogen) atoms. The lowest BCUT2D eigenvalue weighted by atomic mass is 9.49. The number of fused-ring (bicyclic) bond motifs is 1. The summed E-state index contributed by atoms with van der Waals surface area (Å²) in [4.78, 5) is 29.1. The van der Waals surface area contributed by atoms with E-state index in [1.165, 1.54) is 55.6 Å². The van der Waals surface area contributed by atoms with Crippen LogP contribution in [0.15, 0.2) is 17.3 Å². The monoisotopic (exact) mass is 369 g/mol. The first-order chi connectivity index (χ1) is 13.0. The maximum atomic E-state index is 12.5. The zero-order chi connectivity index (χ0) is 18.6. The zero-order valence-corrected chi connectivity index (χ0v) is 15.9. The maximum absolute atomic E-state index is 12.5. The van der Waals surface area contributed by atoms with Gasteiger partial charge in [-0.15, -0.1) is 0 Å². The van der Waals surface area contributed by atoms with E-state index in [0.29, 0.717) is 23.0 Å². The zero-order valence-electron chi connectivity index (χ0n) is 15.9. The molecule has 2 aromatic rings. The molecular formula is C20H27N5O2. The number of aromatic nitrogens is 4. The molecule has 0 spiro atoms. The summed E-state index contributed by atoms with van der Waals surface area (Å²) in [6, 6.07) is 0. The molecule has 1 N–H and O–H groups in total. The van der Waals surface area contributed by atoms with E-state index < -0.39 is 0 Å². The fraction of sp³-hybridized carbons (Fsp3) is 0.700. The Bertz CT molecular complexity index is 908. The molecule has 0 saturated heterocycles. The number of aryl methyl sites for hydroxylation is 1. The molecule has 7 nitrogen and oxygen atoms in total. The predicted octanol–water partition coefficient (Wildman–Crippen LogP) is 1.85. The third-order valence-corrected chi connectivity index (χ3v) is 7.17. The summed E-state index contributed by atoms with van der Waals surface area (Å²) >= 11 is 0. The Morgan fingerprint density at radius 3 is 2.56 bits per heavy atom. The second-order valence-electron chi connectivity index (χ2n) is 9.20. The molecule has 4 aliphatic rings. The van der Waals surface area contributed by atoms with Gasteiger partial charge < -0.3 is 5.32 Å². The predicted molar refractivity (Wildman–Crippen MR) is 101 cm³/mol. The maximum Gasteiger partial charge on any atom is 0.264 e. The van der Waals surface area contributed by atoms with Crippen LogP contribution in [0, 0.1) is 23.2 Å². The van der Waals surface area contributed by atoms with Gasteiger partial charge in [0, 0.05) is 13.6 Å². The van der Waals surface area contributed by atoms with Crippen LogP contribution >= 0.6 is 0 Å². The minimum atomic E-state index is -0.218. The summed E-state index contributed by atoms with van der Waals surface area (Å²) in [5.74, 6) is 2.68. The van der Waals surface area contributed by atoms with Gasteiger partial charge in [0.15, 0.2) is 5.65 Å². The summed E-state index contributed by atoms with van der Waals surface area (Å²) < 4.78 is 2.93. The van der Waals surface area contributed by atoms with Crippen LogP contribution in [0.5, 0.6) is 0 Å². The molecule has 144 valence electrons. The van der Waals surface area contributed by atoms with Gasteiger partial charge >= 0.3 is 0 Å². The van der Waals surface area contributed by atoms with Crippen molar-refractivity contribution < 1.29 is 4.79 Å². The number of hydrogen-bond acceptors (Lipinski definition) is 4. The number of carbonyl (C=O) groups is 1. The fourth-order valence-electron chi connectivity index (χ4n) is 6.45. The first-order valence-electron chi connectivity index (χ1n) is 10.2. The molecule has 0 unspecified atom stereocenters. The number of amides is 1. The first-order valence-corrected chi connectivity index (χ1v) is 10.2. The Morgan fingerprint density at radius 1 is 1.22 bits per heavy atom. The molecule has 0 aromatic carbocycles. The Kier molecular flexibility index (Phi) is 3.88. The topological polar surface area (TPSA) is 81.8 Å². The van der Waals surface area contributed by atoms with Crippen molar-refractivity contribution in [1.82, 2.24) is 24.6 Å². The number of rotatable bonds is 5. The molecule has 4 saturated carbocycles. The Balaban J connectivity index is 1.20. The fourth-order valence-corrected chi connectivity index (χ4v) is 6.45. The molecule has 4 aliphatic carbocycles. The normalized spacial score (nSPS) is 31.5. The SMILES string of the molecule is Cn1ncc2c(=O)n(CC(=O)NCCC34CC5CC(CC(C5)C3)C4)cnc21. The molecule has 2 aromatic heterocycles. The second kappa shape index (κ2) is 6.17. The van der Waals surface area contributed by atoms with Crippen LogP contribution in [-0.2, 0) is 18.4 Å². The molecule has 0 atom stereocenters. The van der Waals surface area contributed by atoms with Crippen LogP contribution in [0.1, 0.15) is 44.9 Å². The van der Waals surface area contributed by atoms with Crippen LogP contribution in [-0.4, -0.2) is 31.8 Å². The molecule has 2 heterocycles. The Hall–Kier alpha value is -2.18. The lowest BCUT2D eigenvalue weighted by Gasteiger charge is -2.57. The van der Waals surface area contributed by atoms with E-state index in [9.17, 15) is 9.59 Å². The van der Waals surface area contributed by atoms with Gasteiger partial charge in [0.05, 0.1) is 6.20 Å². The van der Waals surface area contributed by atoms with Crippen LogP contribution in [0.25, 0.3) is 11.0 Å². The highest BCUT2D eigenvalue weighted by molar-refractivity contribution is 5.77. The van der Waals surface area contributed by atoms with Gasteiger partial charge in [0.2, 0.25) is 5.91 Å². The van der Waals surface area contributed by atoms with Gasteiger partial charge in [-0.25, -0.2) is 4.98 Å². The highest BCUT2D eigenvalue weighted by Crippen LogP contribution is 2.61. The number of nitrogens with zero attached hydrogens (tertiary/aromatic N) is 4. The van der Waals surface area contributed by atoms with Crippen LogP contribution in [0.3, 0.4) is 0 Å². The summed E-state index contributed by atoms with van der Waals surface area (Å²) in [5, 5.41) is 7.54. The average Bonchev–Trinajstić information content (AvgIpc) is 2.98. The largest absolute Gasteiger partial charge is 0.355 e. The Morgan fingerprint density at radius 2 is 1.89 bits per heavy atom. The first kappa shape index (κ1) is 17.0. The van der Waals surface area contributed by atoms with Crippen LogP contribution in [0.4, 0.5) is 0 Å². The van der Waals surface area contributed by atoms with Crippen molar-refractivity contribution in [3.05, 3.63) is 22.9 Å². The van der Waals surface area contributed by atoms with E-state index in [2.05, 4.69) is 15.4 Å². The summed E-state index contributed by atoms with van der Waals surface area (Å²) in [6.45, 7) is 0.722.